The quantitative estimate of drug-likeness (QED) is 0.476. The smallest absolute Gasteiger partial charge is 0.193 e. The van der Waals surface area contributed by atoms with E-state index in [9.17, 15) is 10.2 Å². The maximum Gasteiger partial charge on any atom is 0.193 e. The summed E-state index contributed by atoms with van der Waals surface area (Å²) in [6.45, 7) is 5.68. The highest BCUT2D eigenvalue weighted by atomic mass is 32.1. The molecule has 3 aromatic rings. The van der Waals surface area contributed by atoms with E-state index in [0.29, 0.717) is 28.5 Å². The van der Waals surface area contributed by atoms with Gasteiger partial charge in [-0.1, -0.05) is 13.5 Å². The maximum atomic E-state index is 10.3. The van der Waals surface area contributed by atoms with Gasteiger partial charge in [0.05, 0.1) is 5.56 Å². The first-order valence-electron chi connectivity index (χ1n) is 8.59. The van der Waals surface area contributed by atoms with Crippen molar-refractivity contribution < 1.29 is 10.2 Å². The Balaban J connectivity index is 2.09. The lowest BCUT2D eigenvalue weighted by Crippen LogP contribution is -2.07. The average Bonchev–Trinajstić information content (AvgIpc) is 3.07. The second-order valence-corrected chi connectivity index (χ2v) is 6.36. The molecular formula is C20H21N5O2S. The molecule has 0 amide bonds. The molecule has 1 aromatic heterocycles. The molecule has 4 N–H and O–H groups in total. The van der Waals surface area contributed by atoms with E-state index in [0.717, 1.165) is 11.4 Å². The van der Waals surface area contributed by atoms with Gasteiger partial charge in [0.25, 0.3) is 0 Å². The molecule has 0 saturated heterocycles. The van der Waals surface area contributed by atoms with Crippen LogP contribution in [0.4, 0.5) is 5.69 Å². The molecule has 0 atom stereocenters. The Kier molecular flexibility index (Phi) is 5.60. The van der Waals surface area contributed by atoms with Gasteiger partial charge in [0, 0.05) is 36.0 Å². The summed E-state index contributed by atoms with van der Waals surface area (Å²) < 4.78 is 1.72. The minimum atomic E-state index is -0.0841. The van der Waals surface area contributed by atoms with Gasteiger partial charge in [-0.25, -0.2) is 0 Å². The van der Waals surface area contributed by atoms with Crippen LogP contribution in [0.2, 0.25) is 0 Å². The molecule has 0 aliphatic carbocycles. The van der Waals surface area contributed by atoms with Crippen molar-refractivity contribution in [1.82, 2.24) is 14.8 Å². The Bertz CT molecular complexity index is 1030. The third-order valence-electron chi connectivity index (χ3n) is 4.31. The van der Waals surface area contributed by atoms with Crippen LogP contribution in [0.5, 0.6) is 11.5 Å². The number of aromatic hydroxyl groups is 2. The number of thiol groups is 1. The fraction of sp³-hybridized carbons (Fsp3) is 0.100. The van der Waals surface area contributed by atoms with Crippen LogP contribution < -0.4 is 10.6 Å². The molecule has 8 heteroatoms. The molecular weight excluding hydrogens is 374 g/mol. The van der Waals surface area contributed by atoms with Crippen molar-refractivity contribution in [2.45, 2.75) is 18.5 Å². The van der Waals surface area contributed by atoms with Crippen molar-refractivity contribution in [3.8, 4) is 28.6 Å². The molecule has 0 radical (unpaired) electrons. The maximum absolute atomic E-state index is 10.3. The number of aromatic nitrogens is 3. The molecule has 0 fully saturated rings. The van der Waals surface area contributed by atoms with Gasteiger partial charge in [-0.2, -0.15) is 0 Å². The summed E-state index contributed by atoms with van der Waals surface area (Å²) in [5, 5.41) is 28.9. The van der Waals surface area contributed by atoms with E-state index in [1.165, 1.54) is 12.3 Å². The van der Waals surface area contributed by atoms with Crippen molar-refractivity contribution in [1.29, 1.82) is 0 Å². The number of aryl methyl sites for hydroxylation is 1. The van der Waals surface area contributed by atoms with Crippen molar-refractivity contribution in [3.63, 3.8) is 0 Å². The lowest BCUT2D eigenvalue weighted by molar-refractivity contribution is 0.447. The number of hydrogen-bond donors (Lipinski definition) is 4. The summed E-state index contributed by atoms with van der Waals surface area (Å²) in [4.78, 5) is 1.78. The van der Waals surface area contributed by atoms with E-state index in [2.05, 4.69) is 29.4 Å². The Morgan fingerprint density at radius 3 is 2.50 bits per heavy atom. The third-order valence-corrected chi connectivity index (χ3v) is 4.60. The van der Waals surface area contributed by atoms with E-state index in [4.69, 9.17) is 5.73 Å². The van der Waals surface area contributed by atoms with E-state index in [1.54, 1.807) is 27.9 Å². The Hall–Kier alpha value is -3.39. The van der Waals surface area contributed by atoms with Crippen LogP contribution in [0.3, 0.4) is 0 Å². The topological polar surface area (TPSA) is 100 Å². The SMILES string of the molecule is C=CN(/C=C\N)c1ccc(-n2c(S)nnc2-c2cc(CC)c(O)cc2O)cc1. The zero-order valence-electron chi connectivity index (χ0n) is 15.3. The minimum Gasteiger partial charge on any atom is -0.508 e. The predicted molar refractivity (Wildman–Crippen MR) is 113 cm³/mol. The highest BCUT2D eigenvalue weighted by Gasteiger charge is 2.18. The van der Waals surface area contributed by atoms with E-state index in [1.807, 2.05) is 31.2 Å². The summed E-state index contributed by atoms with van der Waals surface area (Å²) in [6, 6.07) is 10.6. The largest absolute Gasteiger partial charge is 0.508 e. The van der Waals surface area contributed by atoms with Crippen LogP contribution in [0, 0.1) is 0 Å². The van der Waals surface area contributed by atoms with Gasteiger partial charge in [0.2, 0.25) is 0 Å². The molecule has 0 spiro atoms. The highest BCUT2D eigenvalue weighted by Crippen LogP contribution is 2.36. The van der Waals surface area contributed by atoms with Gasteiger partial charge in [0.15, 0.2) is 11.0 Å². The monoisotopic (exact) mass is 395 g/mol. The molecule has 3 rings (SSSR count). The van der Waals surface area contributed by atoms with Crippen LogP contribution in [0.25, 0.3) is 17.1 Å². The predicted octanol–water partition coefficient (Wildman–Crippen LogP) is 3.58. The van der Waals surface area contributed by atoms with E-state index >= 15 is 0 Å². The van der Waals surface area contributed by atoms with Gasteiger partial charge < -0.3 is 20.8 Å². The zero-order valence-corrected chi connectivity index (χ0v) is 16.2. The Morgan fingerprint density at radius 2 is 1.89 bits per heavy atom. The number of hydrogen-bond acceptors (Lipinski definition) is 7. The number of anilines is 1. The number of nitrogens with two attached hydrogens (primary N) is 1. The molecule has 28 heavy (non-hydrogen) atoms. The molecule has 0 aliphatic heterocycles. The molecule has 7 nitrogen and oxygen atoms in total. The van der Waals surface area contributed by atoms with E-state index in [-0.39, 0.29) is 11.5 Å². The molecule has 0 aliphatic rings. The summed E-state index contributed by atoms with van der Waals surface area (Å²) >= 11 is 4.41. The number of benzene rings is 2. The van der Waals surface area contributed by atoms with Crippen LogP contribution in [-0.2, 0) is 6.42 Å². The first kappa shape index (κ1) is 19.4. The van der Waals surface area contributed by atoms with Crippen LogP contribution in [-0.4, -0.2) is 25.0 Å². The van der Waals surface area contributed by atoms with Gasteiger partial charge >= 0.3 is 0 Å². The normalized spacial score (nSPS) is 11.1. The summed E-state index contributed by atoms with van der Waals surface area (Å²) in [7, 11) is 0. The van der Waals surface area contributed by atoms with Gasteiger partial charge in [0.1, 0.15) is 11.5 Å². The molecule has 0 bridgehead atoms. The number of nitrogens with zero attached hydrogens (tertiary/aromatic N) is 4. The van der Waals surface area contributed by atoms with Gasteiger partial charge in [-0.3, -0.25) is 4.57 Å². The van der Waals surface area contributed by atoms with Crippen LogP contribution in [0.15, 0.2) is 66.7 Å². The Morgan fingerprint density at radius 1 is 1.18 bits per heavy atom. The molecule has 0 unspecified atom stereocenters. The fourth-order valence-electron chi connectivity index (χ4n) is 2.89. The number of phenolic OH excluding ortho intramolecular Hbond substituents is 2. The average molecular weight is 395 g/mol. The van der Waals surface area contributed by atoms with Crippen molar-refractivity contribution in [3.05, 3.63) is 67.1 Å². The molecule has 1 heterocycles. The summed E-state index contributed by atoms with van der Waals surface area (Å²) in [6.07, 6.45) is 5.38. The lowest BCUT2D eigenvalue weighted by atomic mass is 10.1. The highest BCUT2D eigenvalue weighted by molar-refractivity contribution is 7.80. The fourth-order valence-corrected chi connectivity index (χ4v) is 3.15. The Labute approximate surface area is 168 Å². The van der Waals surface area contributed by atoms with Crippen molar-refractivity contribution in [2.24, 2.45) is 5.73 Å². The minimum absolute atomic E-state index is 0.0442. The third kappa shape index (κ3) is 3.54. The first-order valence-corrected chi connectivity index (χ1v) is 9.04. The van der Waals surface area contributed by atoms with E-state index < -0.39 is 0 Å². The van der Waals surface area contributed by atoms with Crippen LogP contribution in [0.1, 0.15) is 12.5 Å². The molecule has 144 valence electrons. The summed E-state index contributed by atoms with van der Waals surface area (Å²) in [5.41, 5.74) is 8.26. The van der Waals surface area contributed by atoms with Crippen LogP contribution >= 0.6 is 12.6 Å². The second kappa shape index (κ2) is 8.10. The van der Waals surface area contributed by atoms with Crippen molar-refractivity contribution >= 4 is 18.3 Å². The zero-order chi connectivity index (χ0) is 20.3. The molecule has 0 saturated carbocycles. The summed E-state index contributed by atoms with van der Waals surface area (Å²) in [5.74, 6) is 0.384. The van der Waals surface area contributed by atoms with Crippen molar-refractivity contribution in [2.75, 3.05) is 4.90 Å². The van der Waals surface area contributed by atoms with Gasteiger partial charge in [-0.05, 0) is 42.3 Å². The number of phenols is 2. The second-order valence-electron chi connectivity index (χ2n) is 5.96. The standard InChI is InChI=1S/C20H21N5O2S/c1-3-13-11-16(18(27)12-17(13)26)19-22-23-20(28)25(19)15-7-5-14(6-8-15)24(4-2)10-9-21/h4-12,26-27H,2-3,21H2,1H3,(H,23,28)/b10-9-. The van der Waals surface area contributed by atoms with Gasteiger partial charge in [-0.15, -0.1) is 22.8 Å². The number of rotatable bonds is 6. The lowest BCUT2D eigenvalue weighted by Gasteiger charge is -2.16. The first-order chi connectivity index (χ1) is 13.5. The molecule has 2 aromatic carbocycles.